The number of hydrogen-bond acceptors (Lipinski definition) is 5. The van der Waals surface area contributed by atoms with Crippen molar-refractivity contribution in [3.63, 3.8) is 0 Å². The molecule has 0 N–H and O–H groups in total. The molecule has 1 aliphatic rings. The second kappa shape index (κ2) is 7.46. The van der Waals surface area contributed by atoms with Gasteiger partial charge in [0.2, 0.25) is 11.8 Å². The van der Waals surface area contributed by atoms with E-state index < -0.39 is 0 Å². The fourth-order valence-corrected chi connectivity index (χ4v) is 4.23. The molecular weight excluding hydrogens is 377 g/mol. The molecule has 0 atom stereocenters. The summed E-state index contributed by atoms with van der Waals surface area (Å²) in [7, 11) is 0. The number of piperidine rings is 1. The van der Waals surface area contributed by atoms with Gasteiger partial charge in [0.25, 0.3) is 0 Å². The van der Waals surface area contributed by atoms with E-state index in [9.17, 15) is 0 Å². The minimum Gasteiger partial charge on any atom is -0.420 e. The van der Waals surface area contributed by atoms with Crippen LogP contribution in [-0.4, -0.2) is 28.2 Å². The molecule has 3 aromatic rings. The molecule has 0 saturated carbocycles. The van der Waals surface area contributed by atoms with Gasteiger partial charge >= 0.3 is 0 Å². The molecule has 0 bridgehead atoms. The zero-order valence-electron chi connectivity index (χ0n) is 13.5. The van der Waals surface area contributed by atoms with Crippen LogP contribution in [0, 0.1) is 0 Å². The number of aromatic nitrogens is 2. The van der Waals surface area contributed by atoms with Crippen LogP contribution >= 0.6 is 34.5 Å². The van der Waals surface area contributed by atoms with E-state index in [2.05, 4.69) is 15.1 Å². The van der Waals surface area contributed by atoms with Gasteiger partial charge in [-0.3, -0.25) is 4.90 Å². The highest BCUT2D eigenvalue weighted by Crippen LogP contribution is 2.31. The average Bonchev–Trinajstić information content (AvgIpc) is 3.29. The lowest BCUT2D eigenvalue weighted by atomic mass is 9.96. The van der Waals surface area contributed by atoms with E-state index in [1.807, 2.05) is 29.0 Å². The summed E-state index contributed by atoms with van der Waals surface area (Å²) >= 11 is 13.9. The summed E-state index contributed by atoms with van der Waals surface area (Å²) in [5.41, 5.74) is 2.11. The summed E-state index contributed by atoms with van der Waals surface area (Å²) in [6.45, 7) is 2.81. The third kappa shape index (κ3) is 3.90. The van der Waals surface area contributed by atoms with Gasteiger partial charge in [-0.05, 0) is 55.1 Å². The molecule has 1 aromatic carbocycles. The van der Waals surface area contributed by atoms with Crippen molar-refractivity contribution in [3.05, 3.63) is 56.5 Å². The Labute approximate surface area is 160 Å². The molecule has 1 saturated heterocycles. The number of benzene rings is 1. The van der Waals surface area contributed by atoms with Crippen LogP contribution in [0.5, 0.6) is 0 Å². The minimum atomic E-state index is 0.330. The van der Waals surface area contributed by atoms with Gasteiger partial charge in [-0.15, -0.1) is 10.2 Å². The molecule has 7 heteroatoms. The minimum absolute atomic E-state index is 0.330. The third-order valence-electron chi connectivity index (χ3n) is 4.55. The quantitative estimate of drug-likeness (QED) is 0.587. The average molecular weight is 394 g/mol. The zero-order valence-corrected chi connectivity index (χ0v) is 15.8. The number of rotatable bonds is 4. The van der Waals surface area contributed by atoms with E-state index >= 15 is 0 Å². The topological polar surface area (TPSA) is 42.2 Å². The Morgan fingerprint density at radius 1 is 1.16 bits per heavy atom. The first-order chi connectivity index (χ1) is 12.2. The first kappa shape index (κ1) is 17.0. The molecule has 2 aromatic heterocycles. The molecule has 0 unspecified atom stereocenters. The highest BCUT2D eigenvalue weighted by atomic mass is 35.5. The lowest BCUT2D eigenvalue weighted by Gasteiger charge is -2.30. The van der Waals surface area contributed by atoms with Crippen LogP contribution in [0.15, 0.2) is 39.4 Å². The lowest BCUT2D eigenvalue weighted by Crippen LogP contribution is -2.32. The molecule has 0 aliphatic carbocycles. The van der Waals surface area contributed by atoms with E-state index in [-0.39, 0.29) is 0 Å². The highest BCUT2D eigenvalue weighted by Gasteiger charge is 2.25. The van der Waals surface area contributed by atoms with Crippen molar-refractivity contribution in [2.45, 2.75) is 25.3 Å². The maximum Gasteiger partial charge on any atom is 0.248 e. The van der Waals surface area contributed by atoms with Crippen LogP contribution in [0.25, 0.3) is 11.5 Å². The second-order valence-corrected chi connectivity index (χ2v) is 7.87. The third-order valence-corrected chi connectivity index (χ3v) is 5.82. The van der Waals surface area contributed by atoms with Crippen molar-refractivity contribution in [3.8, 4) is 11.5 Å². The number of likely N-dealkylation sites (tertiary alicyclic amines) is 1. The van der Waals surface area contributed by atoms with Crippen molar-refractivity contribution >= 4 is 34.5 Å². The zero-order chi connectivity index (χ0) is 17.2. The Balaban J connectivity index is 1.37. The van der Waals surface area contributed by atoms with Gasteiger partial charge in [-0.25, -0.2) is 0 Å². The molecule has 0 spiro atoms. The fraction of sp³-hybridized carbons (Fsp3) is 0.333. The van der Waals surface area contributed by atoms with Crippen LogP contribution in [-0.2, 0) is 6.54 Å². The van der Waals surface area contributed by atoms with Crippen LogP contribution in [0.1, 0.15) is 30.2 Å². The van der Waals surface area contributed by atoms with Gasteiger partial charge in [-0.2, -0.15) is 11.3 Å². The van der Waals surface area contributed by atoms with Gasteiger partial charge in [0, 0.05) is 33.5 Å². The first-order valence-electron chi connectivity index (χ1n) is 8.21. The fourth-order valence-electron chi connectivity index (χ4n) is 3.13. The number of halogens is 2. The standard InChI is InChI=1S/C18H17Cl2N3OS/c19-15-2-1-13(16(20)9-15)10-23-6-3-12(4-7-23)17-21-22-18(24-17)14-5-8-25-11-14/h1-2,5,8-9,11-12H,3-4,6-7,10H2. The molecule has 3 heterocycles. The molecule has 1 fully saturated rings. The van der Waals surface area contributed by atoms with Gasteiger partial charge in [0.1, 0.15) is 0 Å². The van der Waals surface area contributed by atoms with Gasteiger partial charge < -0.3 is 4.42 Å². The maximum atomic E-state index is 6.28. The Kier molecular flexibility index (Phi) is 5.08. The molecular formula is C18H17Cl2N3OS. The molecule has 0 amide bonds. The lowest BCUT2D eigenvalue weighted by molar-refractivity contribution is 0.193. The monoisotopic (exact) mass is 393 g/mol. The van der Waals surface area contributed by atoms with Crippen LogP contribution in [0.4, 0.5) is 0 Å². The largest absolute Gasteiger partial charge is 0.420 e. The summed E-state index contributed by atoms with van der Waals surface area (Å²) in [5.74, 6) is 1.70. The van der Waals surface area contributed by atoms with Gasteiger partial charge in [0.05, 0.1) is 0 Å². The van der Waals surface area contributed by atoms with Crippen LogP contribution in [0.2, 0.25) is 10.0 Å². The summed E-state index contributed by atoms with van der Waals surface area (Å²) in [4.78, 5) is 2.40. The number of hydrogen-bond donors (Lipinski definition) is 0. The molecule has 4 rings (SSSR count). The summed E-state index contributed by atoms with van der Waals surface area (Å²) in [6, 6.07) is 7.69. The van der Waals surface area contributed by atoms with Crippen LogP contribution < -0.4 is 0 Å². The predicted molar refractivity (Wildman–Crippen MR) is 101 cm³/mol. The number of nitrogens with zero attached hydrogens (tertiary/aromatic N) is 3. The van der Waals surface area contributed by atoms with E-state index in [4.69, 9.17) is 27.6 Å². The van der Waals surface area contributed by atoms with E-state index in [0.29, 0.717) is 16.8 Å². The molecule has 1 aliphatic heterocycles. The van der Waals surface area contributed by atoms with E-state index in [1.54, 1.807) is 17.4 Å². The normalized spacial score (nSPS) is 16.4. The summed E-state index contributed by atoms with van der Waals surface area (Å²) in [5, 5.41) is 13.9. The first-order valence-corrected chi connectivity index (χ1v) is 9.91. The SMILES string of the molecule is Clc1ccc(CN2CCC(c3nnc(-c4ccsc4)o3)CC2)c(Cl)c1. The van der Waals surface area contributed by atoms with Crippen molar-refractivity contribution in [1.29, 1.82) is 0 Å². The van der Waals surface area contributed by atoms with Gasteiger partial charge in [0.15, 0.2) is 0 Å². The summed E-state index contributed by atoms with van der Waals surface area (Å²) in [6.07, 6.45) is 2.02. The van der Waals surface area contributed by atoms with Crippen molar-refractivity contribution in [2.24, 2.45) is 0 Å². The number of thiophene rings is 1. The Morgan fingerprint density at radius 3 is 2.72 bits per heavy atom. The highest BCUT2D eigenvalue weighted by molar-refractivity contribution is 7.08. The van der Waals surface area contributed by atoms with Crippen molar-refractivity contribution in [2.75, 3.05) is 13.1 Å². The summed E-state index contributed by atoms with van der Waals surface area (Å²) < 4.78 is 5.88. The van der Waals surface area contributed by atoms with E-state index in [0.717, 1.165) is 54.5 Å². The molecule has 0 radical (unpaired) electrons. The smallest absolute Gasteiger partial charge is 0.248 e. The Bertz CT molecular complexity index is 842. The van der Waals surface area contributed by atoms with E-state index in [1.165, 1.54) is 0 Å². The van der Waals surface area contributed by atoms with Crippen molar-refractivity contribution < 1.29 is 4.42 Å². The predicted octanol–water partition coefficient (Wildman–Crippen LogP) is 5.48. The molecule has 130 valence electrons. The van der Waals surface area contributed by atoms with Crippen LogP contribution in [0.3, 0.4) is 0 Å². The van der Waals surface area contributed by atoms with Crippen molar-refractivity contribution in [1.82, 2.24) is 15.1 Å². The Morgan fingerprint density at radius 2 is 2.00 bits per heavy atom. The second-order valence-electron chi connectivity index (χ2n) is 6.24. The Hall–Kier alpha value is -1.40. The van der Waals surface area contributed by atoms with Gasteiger partial charge in [-0.1, -0.05) is 29.3 Å². The molecule has 25 heavy (non-hydrogen) atoms. The molecule has 4 nitrogen and oxygen atoms in total. The maximum absolute atomic E-state index is 6.28.